The normalized spacial score (nSPS) is 9.58. The third-order valence-electron chi connectivity index (χ3n) is 1.59. The van der Waals surface area contributed by atoms with Crippen LogP contribution < -0.4 is 5.32 Å². The van der Waals surface area contributed by atoms with Crippen LogP contribution in [0.3, 0.4) is 0 Å². The van der Waals surface area contributed by atoms with E-state index in [9.17, 15) is 4.79 Å². The molecule has 0 unspecified atom stereocenters. The first-order valence-electron chi connectivity index (χ1n) is 4.21. The average molecular weight is 170 g/mol. The van der Waals surface area contributed by atoms with Gasteiger partial charge < -0.3 is 10.2 Å². The van der Waals surface area contributed by atoms with Gasteiger partial charge in [0.05, 0.1) is 0 Å². The monoisotopic (exact) mass is 170 g/mol. The number of likely N-dealkylation sites (N-methyl/N-ethyl adjacent to an activating group) is 2. The predicted molar refractivity (Wildman–Crippen MR) is 51.0 cm³/mol. The number of nitrogens with one attached hydrogen (secondary N) is 1. The second-order valence-corrected chi connectivity index (χ2v) is 2.86. The number of nitrogens with zero attached hydrogens (tertiary/aromatic N) is 1. The van der Waals surface area contributed by atoms with Crippen molar-refractivity contribution in [2.45, 2.75) is 13.8 Å². The Balaban J connectivity index is 3.64. The van der Waals surface area contributed by atoms with Gasteiger partial charge >= 0.3 is 0 Å². The van der Waals surface area contributed by atoms with E-state index in [2.05, 4.69) is 11.9 Å². The zero-order valence-electron chi connectivity index (χ0n) is 8.18. The quantitative estimate of drug-likeness (QED) is 0.485. The zero-order chi connectivity index (χ0) is 9.56. The third-order valence-corrected chi connectivity index (χ3v) is 1.59. The van der Waals surface area contributed by atoms with E-state index >= 15 is 0 Å². The van der Waals surface area contributed by atoms with E-state index in [0.29, 0.717) is 5.57 Å². The number of carbonyl (C=O) groups is 1. The van der Waals surface area contributed by atoms with Crippen molar-refractivity contribution in [3.05, 3.63) is 12.2 Å². The Morgan fingerprint density at radius 1 is 1.58 bits per heavy atom. The summed E-state index contributed by atoms with van der Waals surface area (Å²) in [5, 5.41) is 3.15. The lowest BCUT2D eigenvalue weighted by atomic mass is 10.3. The molecule has 0 spiro atoms. The summed E-state index contributed by atoms with van der Waals surface area (Å²) >= 11 is 0. The first-order valence-corrected chi connectivity index (χ1v) is 4.21. The van der Waals surface area contributed by atoms with E-state index in [0.717, 1.165) is 19.6 Å². The summed E-state index contributed by atoms with van der Waals surface area (Å²) in [6, 6.07) is 0. The number of carbonyl (C=O) groups excluding carboxylic acids is 1. The maximum atomic E-state index is 11.2. The maximum absolute atomic E-state index is 11.2. The standard InChI is InChI=1S/C9H18N2O/c1-5-10-6-7-11(4)9(12)8(2)3/h10H,2,5-7H2,1,3-4H3. The average Bonchev–Trinajstić information content (AvgIpc) is 2.03. The van der Waals surface area contributed by atoms with Crippen LogP contribution in [0.4, 0.5) is 0 Å². The SMILES string of the molecule is C=C(C)C(=O)N(C)CCNCC. The summed E-state index contributed by atoms with van der Waals surface area (Å²) in [5.74, 6) is 0.0212. The minimum Gasteiger partial charge on any atom is -0.341 e. The smallest absolute Gasteiger partial charge is 0.248 e. The molecule has 0 aromatic rings. The summed E-state index contributed by atoms with van der Waals surface area (Å²) in [6.07, 6.45) is 0. The highest BCUT2D eigenvalue weighted by Crippen LogP contribution is 1.93. The third kappa shape index (κ3) is 4.13. The van der Waals surface area contributed by atoms with Gasteiger partial charge in [-0.1, -0.05) is 13.5 Å². The van der Waals surface area contributed by atoms with Gasteiger partial charge in [-0.3, -0.25) is 4.79 Å². The predicted octanol–water partition coefficient (Wildman–Crippen LogP) is 0.630. The Morgan fingerprint density at radius 3 is 2.58 bits per heavy atom. The topological polar surface area (TPSA) is 32.3 Å². The molecule has 3 nitrogen and oxygen atoms in total. The molecule has 0 atom stereocenters. The summed E-state index contributed by atoms with van der Waals surface area (Å²) in [6.45, 7) is 9.88. The molecule has 0 saturated carbocycles. The molecule has 0 bridgehead atoms. The van der Waals surface area contributed by atoms with E-state index in [1.807, 2.05) is 6.92 Å². The molecule has 0 aliphatic rings. The minimum atomic E-state index is 0.0212. The van der Waals surface area contributed by atoms with Gasteiger partial charge in [0.15, 0.2) is 0 Å². The van der Waals surface area contributed by atoms with Crippen LogP contribution in [0, 0.1) is 0 Å². The van der Waals surface area contributed by atoms with Crippen molar-refractivity contribution in [2.75, 3.05) is 26.7 Å². The molecular formula is C9H18N2O. The van der Waals surface area contributed by atoms with Crippen LogP contribution in [0.1, 0.15) is 13.8 Å². The molecular weight excluding hydrogens is 152 g/mol. The Bertz CT molecular complexity index is 166. The van der Waals surface area contributed by atoms with E-state index in [1.165, 1.54) is 0 Å². The van der Waals surface area contributed by atoms with Crippen molar-refractivity contribution >= 4 is 5.91 Å². The lowest BCUT2D eigenvalue weighted by Crippen LogP contribution is -2.33. The zero-order valence-corrected chi connectivity index (χ0v) is 8.18. The summed E-state index contributed by atoms with van der Waals surface area (Å²) < 4.78 is 0. The largest absolute Gasteiger partial charge is 0.341 e. The Kier molecular flexibility index (Phi) is 5.37. The fourth-order valence-corrected chi connectivity index (χ4v) is 0.851. The molecule has 0 heterocycles. The van der Waals surface area contributed by atoms with Crippen LogP contribution in [0.5, 0.6) is 0 Å². The first kappa shape index (κ1) is 11.2. The van der Waals surface area contributed by atoms with Gasteiger partial charge in [-0.2, -0.15) is 0 Å². The second-order valence-electron chi connectivity index (χ2n) is 2.86. The summed E-state index contributed by atoms with van der Waals surface area (Å²) in [5.41, 5.74) is 0.592. The number of hydrogen-bond acceptors (Lipinski definition) is 2. The highest BCUT2D eigenvalue weighted by atomic mass is 16.2. The van der Waals surface area contributed by atoms with Crippen molar-refractivity contribution < 1.29 is 4.79 Å². The maximum Gasteiger partial charge on any atom is 0.248 e. The first-order chi connectivity index (χ1) is 5.59. The summed E-state index contributed by atoms with van der Waals surface area (Å²) in [7, 11) is 1.79. The molecule has 0 aliphatic heterocycles. The Labute approximate surface area is 74.4 Å². The van der Waals surface area contributed by atoms with Gasteiger partial charge in [0, 0.05) is 25.7 Å². The number of rotatable bonds is 5. The lowest BCUT2D eigenvalue weighted by molar-refractivity contribution is -0.125. The van der Waals surface area contributed by atoms with E-state index in [4.69, 9.17) is 0 Å². The lowest BCUT2D eigenvalue weighted by Gasteiger charge is -2.16. The van der Waals surface area contributed by atoms with Crippen molar-refractivity contribution in [1.82, 2.24) is 10.2 Å². The summed E-state index contributed by atoms with van der Waals surface area (Å²) in [4.78, 5) is 12.9. The van der Waals surface area contributed by atoms with Crippen LogP contribution in [-0.4, -0.2) is 37.5 Å². The molecule has 1 N–H and O–H groups in total. The van der Waals surface area contributed by atoms with Gasteiger partial charge in [0.1, 0.15) is 0 Å². The highest BCUT2D eigenvalue weighted by Gasteiger charge is 2.07. The Hall–Kier alpha value is -0.830. The molecule has 0 rings (SSSR count). The van der Waals surface area contributed by atoms with Crippen molar-refractivity contribution in [3.63, 3.8) is 0 Å². The van der Waals surface area contributed by atoms with Crippen LogP contribution in [-0.2, 0) is 4.79 Å². The van der Waals surface area contributed by atoms with Crippen LogP contribution >= 0.6 is 0 Å². The van der Waals surface area contributed by atoms with Crippen molar-refractivity contribution in [3.8, 4) is 0 Å². The molecule has 0 aromatic carbocycles. The molecule has 0 radical (unpaired) electrons. The van der Waals surface area contributed by atoms with Crippen molar-refractivity contribution in [2.24, 2.45) is 0 Å². The minimum absolute atomic E-state index is 0.0212. The van der Waals surface area contributed by atoms with Gasteiger partial charge in [0.2, 0.25) is 5.91 Å². The van der Waals surface area contributed by atoms with Crippen LogP contribution in [0.2, 0.25) is 0 Å². The van der Waals surface area contributed by atoms with Gasteiger partial charge in [-0.25, -0.2) is 0 Å². The van der Waals surface area contributed by atoms with Gasteiger partial charge in [-0.05, 0) is 13.5 Å². The molecule has 12 heavy (non-hydrogen) atoms. The highest BCUT2D eigenvalue weighted by molar-refractivity contribution is 5.91. The van der Waals surface area contributed by atoms with Crippen molar-refractivity contribution in [1.29, 1.82) is 0 Å². The van der Waals surface area contributed by atoms with E-state index in [-0.39, 0.29) is 5.91 Å². The van der Waals surface area contributed by atoms with Crippen LogP contribution in [0.15, 0.2) is 12.2 Å². The fourth-order valence-electron chi connectivity index (χ4n) is 0.851. The molecule has 0 saturated heterocycles. The number of hydrogen-bond donors (Lipinski definition) is 1. The molecule has 70 valence electrons. The molecule has 0 fully saturated rings. The molecule has 0 aromatic heterocycles. The fraction of sp³-hybridized carbons (Fsp3) is 0.667. The molecule has 1 amide bonds. The van der Waals surface area contributed by atoms with Gasteiger partial charge in [0.25, 0.3) is 0 Å². The van der Waals surface area contributed by atoms with E-state index < -0.39 is 0 Å². The molecule has 3 heteroatoms. The Morgan fingerprint density at radius 2 is 2.17 bits per heavy atom. The van der Waals surface area contributed by atoms with E-state index in [1.54, 1.807) is 18.9 Å². The number of amides is 1. The second kappa shape index (κ2) is 5.77. The van der Waals surface area contributed by atoms with Crippen LogP contribution in [0.25, 0.3) is 0 Å². The van der Waals surface area contributed by atoms with Gasteiger partial charge in [-0.15, -0.1) is 0 Å². The molecule has 0 aliphatic carbocycles.